The summed E-state index contributed by atoms with van der Waals surface area (Å²) < 4.78 is 11.9. The van der Waals surface area contributed by atoms with E-state index in [2.05, 4.69) is 4.90 Å². The predicted molar refractivity (Wildman–Crippen MR) is 129 cm³/mol. The molecule has 1 saturated heterocycles. The summed E-state index contributed by atoms with van der Waals surface area (Å²) in [7, 11) is 1.82. The highest BCUT2D eigenvalue weighted by molar-refractivity contribution is 5.91. The van der Waals surface area contributed by atoms with Gasteiger partial charge in [-0.2, -0.15) is 0 Å². The first-order valence-corrected chi connectivity index (χ1v) is 12.9. The second kappa shape index (κ2) is 7.37. The van der Waals surface area contributed by atoms with Crippen LogP contribution in [0.2, 0.25) is 0 Å². The van der Waals surface area contributed by atoms with E-state index in [1.165, 1.54) is 24.5 Å². The minimum atomic E-state index is -0.943. The summed E-state index contributed by atoms with van der Waals surface area (Å²) in [5.41, 5.74) is 0.592. The molecular formula is C28H32N2O5. The first-order chi connectivity index (χ1) is 16.9. The van der Waals surface area contributed by atoms with Gasteiger partial charge in [0.05, 0.1) is 23.3 Å². The largest absolute Gasteiger partial charge is 0.504 e. The molecule has 2 N–H and O–H groups in total. The number of likely N-dealkylation sites (tertiary alicyclic amines) is 1. The van der Waals surface area contributed by atoms with Crippen molar-refractivity contribution in [3.8, 4) is 11.5 Å². The lowest BCUT2D eigenvalue weighted by Crippen LogP contribution is -2.78. The minimum Gasteiger partial charge on any atom is -0.504 e. The van der Waals surface area contributed by atoms with E-state index in [9.17, 15) is 15.0 Å². The normalized spacial score (nSPS) is 35.1. The number of phenolic OH excluding ortho intramolecular Hbond substituents is 1. The summed E-state index contributed by atoms with van der Waals surface area (Å²) in [6, 6.07) is 7.16. The zero-order valence-electron chi connectivity index (χ0n) is 20.0. The number of rotatable bonds is 5. The van der Waals surface area contributed by atoms with Crippen molar-refractivity contribution in [2.24, 2.45) is 5.92 Å². The van der Waals surface area contributed by atoms with Crippen molar-refractivity contribution < 1.29 is 24.2 Å². The molecule has 5 atom stereocenters. The molecule has 3 fully saturated rings. The SMILES string of the molecule is CN(C(=O)C=Cc1ccco1)[C@@H]1CC[C@@]2(O)[C@H]3Cc4ccc(O)c5c4[C@@]2(CCN3CC2CC2)[C@H]1O5. The molecule has 1 aromatic carbocycles. The fraction of sp³-hybridized carbons (Fsp3) is 0.536. The van der Waals surface area contributed by atoms with Crippen molar-refractivity contribution in [3.63, 3.8) is 0 Å². The Morgan fingerprint density at radius 1 is 1.26 bits per heavy atom. The number of amides is 1. The Morgan fingerprint density at radius 2 is 2.11 bits per heavy atom. The topological polar surface area (TPSA) is 86.4 Å². The lowest BCUT2D eigenvalue weighted by atomic mass is 9.48. The van der Waals surface area contributed by atoms with Crippen LogP contribution in [0.4, 0.5) is 0 Å². The lowest BCUT2D eigenvalue weighted by molar-refractivity contribution is -0.200. The first kappa shape index (κ1) is 21.5. The maximum atomic E-state index is 13.2. The molecule has 7 heteroatoms. The third kappa shape index (κ3) is 2.88. The third-order valence-corrected chi connectivity index (χ3v) is 9.51. The van der Waals surface area contributed by atoms with E-state index in [-0.39, 0.29) is 23.7 Å². The number of furan rings is 1. The smallest absolute Gasteiger partial charge is 0.246 e. The average Bonchev–Trinajstić information content (AvgIpc) is 3.36. The molecule has 2 saturated carbocycles. The van der Waals surface area contributed by atoms with Gasteiger partial charge in [-0.1, -0.05) is 6.07 Å². The highest BCUT2D eigenvalue weighted by atomic mass is 16.5. The average molecular weight is 477 g/mol. The number of hydrogen-bond acceptors (Lipinski definition) is 6. The zero-order chi connectivity index (χ0) is 23.9. The van der Waals surface area contributed by atoms with Gasteiger partial charge in [-0.15, -0.1) is 0 Å². The molecule has 35 heavy (non-hydrogen) atoms. The summed E-state index contributed by atoms with van der Waals surface area (Å²) in [5, 5.41) is 23.3. The molecule has 3 heterocycles. The first-order valence-electron chi connectivity index (χ1n) is 12.9. The molecule has 7 rings (SSSR count). The summed E-state index contributed by atoms with van der Waals surface area (Å²) in [4.78, 5) is 17.5. The van der Waals surface area contributed by atoms with Crippen LogP contribution in [0.5, 0.6) is 11.5 Å². The summed E-state index contributed by atoms with van der Waals surface area (Å²) in [5.74, 6) is 1.88. The number of hydrogen-bond donors (Lipinski definition) is 2. The number of piperidine rings is 1. The van der Waals surface area contributed by atoms with Crippen LogP contribution in [-0.4, -0.2) is 69.8 Å². The van der Waals surface area contributed by atoms with Gasteiger partial charge in [0, 0.05) is 31.3 Å². The molecule has 0 radical (unpaired) electrons. The van der Waals surface area contributed by atoms with Gasteiger partial charge in [0.2, 0.25) is 5.91 Å². The molecule has 1 amide bonds. The summed E-state index contributed by atoms with van der Waals surface area (Å²) in [6.07, 6.45) is 9.76. The Morgan fingerprint density at radius 3 is 2.89 bits per heavy atom. The van der Waals surface area contributed by atoms with Gasteiger partial charge in [0.1, 0.15) is 11.9 Å². The van der Waals surface area contributed by atoms with Crippen molar-refractivity contribution in [2.75, 3.05) is 20.1 Å². The quantitative estimate of drug-likeness (QED) is 0.645. The van der Waals surface area contributed by atoms with Gasteiger partial charge < -0.3 is 24.3 Å². The van der Waals surface area contributed by atoms with E-state index in [4.69, 9.17) is 9.15 Å². The number of aliphatic hydroxyl groups is 1. The van der Waals surface area contributed by atoms with Crippen molar-refractivity contribution in [1.82, 2.24) is 9.80 Å². The molecule has 184 valence electrons. The molecular weight excluding hydrogens is 444 g/mol. The van der Waals surface area contributed by atoms with E-state index < -0.39 is 17.1 Å². The van der Waals surface area contributed by atoms with Gasteiger partial charge in [-0.25, -0.2) is 0 Å². The number of likely N-dealkylation sites (N-methyl/N-ethyl adjacent to an activating group) is 1. The maximum absolute atomic E-state index is 13.2. The fourth-order valence-electron chi connectivity index (χ4n) is 7.67. The van der Waals surface area contributed by atoms with E-state index in [0.717, 1.165) is 37.4 Å². The van der Waals surface area contributed by atoms with Crippen LogP contribution in [0.1, 0.15) is 49.0 Å². The van der Waals surface area contributed by atoms with E-state index in [1.54, 1.807) is 29.4 Å². The molecule has 2 aromatic rings. The standard InChI is InChI=1S/C28H32N2O5/c1-29(23(32)9-7-19-3-2-14-34-19)20-10-11-28(33)22-15-18-6-8-21(31)25-24(18)27(28,26(20)35-25)12-13-30(22)16-17-4-5-17/h2-3,6-9,14,17,20,22,26,31,33H,4-5,10-13,15-16H2,1H3/t20-,22-,26+,27+,28-/m1/s1. The van der Waals surface area contributed by atoms with Crippen LogP contribution in [0.3, 0.4) is 0 Å². The fourth-order valence-corrected chi connectivity index (χ4v) is 7.67. The van der Waals surface area contributed by atoms with Crippen molar-refractivity contribution in [3.05, 3.63) is 53.5 Å². The van der Waals surface area contributed by atoms with Gasteiger partial charge in [0.15, 0.2) is 11.5 Å². The van der Waals surface area contributed by atoms with Gasteiger partial charge in [-0.3, -0.25) is 9.69 Å². The number of aromatic hydroxyl groups is 1. The zero-order valence-corrected chi connectivity index (χ0v) is 20.0. The highest BCUT2D eigenvalue weighted by Gasteiger charge is 2.73. The number of ether oxygens (including phenoxy) is 1. The predicted octanol–water partition coefficient (Wildman–Crippen LogP) is 3.09. The van der Waals surface area contributed by atoms with Crippen LogP contribution in [0.25, 0.3) is 6.08 Å². The van der Waals surface area contributed by atoms with E-state index in [1.807, 2.05) is 19.2 Å². The molecule has 0 unspecified atom stereocenters. The maximum Gasteiger partial charge on any atom is 0.246 e. The van der Waals surface area contributed by atoms with Crippen molar-refractivity contribution in [2.45, 2.75) is 67.7 Å². The molecule has 2 bridgehead atoms. The van der Waals surface area contributed by atoms with Crippen molar-refractivity contribution >= 4 is 12.0 Å². The van der Waals surface area contributed by atoms with E-state index in [0.29, 0.717) is 24.4 Å². The third-order valence-electron chi connectivity index (χ3n) is 9.51. The van der Waals surface area contributed by atoms with Crippen LogP contribution in [0, 0.1) is 5.92 Å². The molecule has 5 aliphatic rings. The summed E-state index contributed by atoms with van der Waals surface area (Å²) >= 11 is 0. The minimum absolute atomic E-state index is 0.0340. The molecule has 2 aliphatic heterocycles. The van der Waals surface area contributed by atoms with Crippen LogP contribution in [0.15, 0.2) is 41.0 Å². The number of carbonyl (C=O) groups is 1. The number of nitrogens with zero attached hydrogens (tertiary/aromatic N) is 2. The van der Waals surface area contributed by atoms with Crippen LogP contribution in [-0.2, 0) is 16.6 Å². The van der Waals surface area contributed by atoms with Gasteiger partial charge >= 0.3 is 0 Å². The molecule has 7 nitrogen and oxygen atoms in total. The number of phenols is 1. The number of carbonyl (C=O) groups excluding carboxylic acids is 1. The monoisotopic (exact) mass is 476 g/mol. The van der Waals surface area contributed by atoms with Crippen molar-refractivity contribution in [1.29, 1.82) is 0 Å². The van der Waals surface area contributed by atoms with Gasteiger partial charge in [0.25, 0.3) is 0 Å². The molecule has 1 aromatic heterocycles. The molecule has 3 aliphatic carbocycles. The van der Waals surface area contributed by atoms with Crippen LogP contribution < -0.4 is 4.74 Å². The summed E-state index contributed by atoms with van der Waals surface area (Å²) in [6.45, 7) is 1.95. The second-order valence-electron chi connectivity index (χ2n) is 11.2. The van der Waals surface area contributed by atoms with E-state index >= 15 is 0 Å². The van der Waals surface area contributed by atoms with Gasteiger partial charge in [-0.05, 0) is 80.8 Å². The Bertz CT molecular complexity index is 1200. The lowest BCUT2D eigenvalue weighted by Gasteiger charge is -2.64. The van der Waals surface area contributed by atoms with Crippen LogP contribution >= 0.6 is 0 Å². The highest BCUT2D eigenvalue weighted by Crippen LogP contribution is 2.66. The Labute approximate surface area is 205 Å². The Hall–Kier alpha value is -2.77. The number of benzene rings is 1. The second-order valence-corrected chi connectivity index (χ2v) is 11.2. The Balaban J connectivity index is 1.28. The Kier molecular flexibility index (Phi) is 4.53. The molecule has 1 spiro atoms.